The van der Waals surface area contributed by atoms with Crippen LogP contribution in [-0.2, 0) is 28.9 Å². The standard InChI is InChI=1S/C31H32N8O3/c1-3-9-24-18-28(31(41)33-23(17-29(40)42-2)16-21-10-5-4-6-11-21)36-39(24)20-22-14-15-27(32-19-22)25-12-7-8-13-26(25)30-34-37-38-35-30/h4-8,10-15,18-19,23H,3,9,16-17,20H2,1-2H3,(H,33,41)(H,34,35,37,38)/t23-/m1/s1. The first-order valence-electron chi connectivity index (χ1n) is 13.8. The average Bonchev–Trinajstić information content (AvgIpc) is 3.69. The van der Waals surface area contributed by atoms with Gasteiger partial charge < -0.3 is 10.1 Å². The third-order valence-electron chi connectivity index (χ3n) is 6.86. The summed E-state index contributed by atoms with van der Waals surface area (Å²) >= 11 is 0. The first kappa shape index (κ1) is 28.3. The highest BCUT2D eigenvalue weighted by Gasteiger charge is 2.21. The van der Waals surface area contributed by atoms with Gasteiger partial charge in [-0.2, -0.15) is 5.10 Å². The van der Waals surface area contributed by atoms with E-state index in [2.05, 4.69) is 38.0 Å². The van der Waals surface area contributed by atoms with Gasteiger partial charge in [0.1, 0.15) is 5.69 Å². The van der Waals surface area contributed by atoms with Crippen LogP contribution in [0.25, 0.3) is 22.6 Å². The van der Waals surface area contributed by atoms with Crippen LogP contribution in [0.5, 0.6) is 0 Å². The number of pyridine rings is 1. The lowest BCUT2D eigenvalue weighted by atomic mass is 10.0. The van der Waals surface area contributed by atoms with E-state index in [0.29, 0.717) is 24.5 Å². The molecule has 0 aliphatic heterocycles. The number of carbonyl (C=O) groups excluding carboxylic acids is 2. The molecule has 2 N–H and O–H groups in total. The van der Waals surface area contributed by atoms with Crippen LogP contribution in [0.1, 0.15) is 47.1 Å². The van der Waals surface area contributed by atoms with Crippen LogP contribution in [0.4, 0.5) is 0 Å². The van der Waals surface area contributed by atoms with Crippen molar-refractivity contribution in [1.82, 2.24) is 40.7 Å². The van der Waals surface area contributed by atoms with Crippen LogP contribution in [0.3, 0.4) is 0 Å². The third-order valence-corrected chi connectivity index (χ3v) is 6.86. The highest BCUT2D eigenvalue weighted by Crippen LogP contribution is 2.28. The molecular formula is C31H32N8O3. The van der Waals surface area contributed by atoms with E-state index in [-0.39, 0.29) is 18.3 Å². The molecule has 0 spiro atoms. The molecule has 0 unspecified atom stereocenters. The molecule has 3 heterocycles. The Bertz CT molecular complexity index is 1620. The Labute approximate surface area is 243 Å². The van der Waals surface area contributed by atoms with Gasteiger partial charge in [0, 0.05) is 29.1 Å². The summed E-state index contributed by atoms with van der Waals surface area (Å²) in [6.45, 7) is 2.54. The molecule has 0 fully saturated rings. The third kappa shape index (κ3) is 6.92. The Balaban J connectivity index is 1.33. The molecule has 0 aliphatic carbocycles. The fourth-order valence-corrected chi connectivity index (χ4v) is 4.81. The minimum Gasteiger partial charge on any atom is -0.469 e. The van der Waals surface area contributed by atoms with E-state index in [9.17, 15) is 9.59 Å². The number of hydrogen-bond donors (Lipinski definition) is 2. The van der Waals surface area contributed by atoms with Crippen molar-refractivity contribution in [2.45, 2.75) is 45.2 Å². The Kier molecular flexibility index (Phi) is 9.07. The summed E-state index contributed by atoms with van der Waals surface area (Å²) in [6, 6.07) is 22.9. The Morgan fingerprint density at radius 1 is 1.00 bits per heavy atom. The van der Waals surface area contributed by atoms with Gasteiger partial charge in [-0.05, 0) is 46.5 Å². The average molecular weight is 565 g/mol. The van der Waals surface area contributed by atoms with Crippen molar-refractivity contribution in [3.8, 4) is 22.6 Å². The number of rotatable bonds is 12. The molecule has 1 amide bonds. The molecule has 0 saturated heterocycles. The van der Waals surface area contributed by atoms with Gasteiger partial charge in [-0.25, -0.2) is 5.10 Å². The van der Waals surface area contributed by atoms with E-state index >= 15 is 0 Å². The van der Waals surface area contributed by atoms with Gasteiger partial charge in [0.25, 0.3) is 5.91 Å². The summed E-state index contributed by atoms with van der Waals surface area (Å²) in [7, 11) is 1.34. The summed E-state index contributed by atoms with van der Waals surface area (Å²) in [6.07, 6.45) is 4.04. The summed E-state index contributed by atoms with van der Waals surface area (Å²) in [5.41, 5.74) is 5.76. The van der Waals surface area contributed by atoms with Gasteiger partial charge >= 0.3 is 5.97 Å². The first-order chi connectivity index (χ1) is 20.5. The maximum Gasteiger partial charge on any atom is 0.307 e. The fraction of sp³-hybridized carbons (Fsp3) is 0.258. The lowest BCUT2D eigenvalue weighted by Crippen LogP contribution is -2.38. The van der Waals surface area contributed by atoms with Crippen molar-refractivity contribution in [1.29, 1.82) is 0 Å². The maximum absolute atomic E-state index is 13.3. The van der Waals surface area contributed by atoms with Crippen LogP contribution in [-0.4, -0.2) is 60.4 Å². The molecule has 0 bridgehead atoms. The van der Waals surface area contributed by atoms with Crippen LogP contribution in [0.15, 0.2) is 79.0 Å². The molecule has 5 rings (SSSR count). The van der Waals surface area contributed by atoms with E-state index in [4.69, 9.17) is 9.72 Å². The number of carbonyl (C=O) groups is 2. The summed E-state index contributed by atoms with van der Waals surface area (Å²) in [5.74, 6) is -0.145. The van der Waals surface area contributed by atoms with E-state index in [1.165, 1.54) is 7.11 Å². The number of aryl methyl sites for hydroxylation is 1. The largest absolute Gasteiger partial charge is 0.469 e. The van der Waals surface area contributed by atoms with E-state index in [1.54, 1.807) is 0 Å². The molecule has 0 aliphatic rings. The Hall–Kier alpha value is -5.19. The molecule has 214 valence electrons. The van der Waals surface area contributed by atoms with Gasteiger partial charge in [0.2, 0.25) is 0 Å². The smallest absolute Gasteiger partial charge is 0.307 e. The van der Waals surface area contributed by atoms with Gasteiger partial charge in [-0.15, -0.1) is 5.10 Å². The molecule has 2 aromatic carbocycles. The number of nitrogens with one attached hydrogen (secondary N) is 2. The van der Waals surface area contributed by atoms with Crippen molar-refractivity contribution >= 4 is 11.9 Å². The molecule has 0 saturated carbocycles. The number of nitrogens with zero attached hydrogens (tertiary/aromatic N) is 6. The quantitative estimate of drug-likeness (QED) is 0.217. The first-order valence-corrected chi connectivity index (χ1v) is 13.8. The molecule has 11 heteroatoms. The maximum atomic E-state index is 13.3. The second-order valence-electron chi connectivity index (χ2n) is 9.92. The second-order valence-corrected chi connectivity index (χ2v) is 9.92. The van der Waals surface area contributed by atoms with Gasteiger partial charge in [-0.3, -0.25) is 19.3 Å². The van der Waals surface area contributed by atoms with Crippen LogP contribution in [0, 0.1) is 0 Å². The van der Waals surface area contributed by atoms with Gasteiger partial charge in [-0.1, -0.05) is 74.0 Å². The highest BCUT2D eigenvalue weighted by atomic mass is 16.5. The lowest BCUT2D eigenvalue weighted by molar-refractivity contribution is -0.141. The topological polar surface area (TPSA) is 141 Å². The van der Waals surface area contributed by atoms with E-state index < -0.39 is 6.04 Å². The summed E-state index contributed by atoms with van der Waals surface area (Å²) in [5, 5.41) is 21.8. The molecule has 1 atom stereocenters. The Morgan fingerprint density at radius 2 is 1.79 bits per heavy atom. The number of methoxy groups -OCH3 is 1. The number of ether oxygens (including phenoxy) is 1. The number of aromatic nitrogens is 7. The summed E-state index contributed by atoms with van der Waals surface area (Å²) < 4.78 is 6.71. The fourth-order valence-electron chi connectivity index (χ4n) is 4.81. The number of aromatic amines is 1. The monoisotopic (exact) mass is 564 g/mol. The van der Waals surface area contributed by atoms with Crippen LogP contribution in [0.2, 0.25) is 0 Å². The number of tetrazole rings is 1. The number of benzene rings is 2. The van der Waals surface area contributed by atoms with Gasteiger partial charge in [0.05, 0.1) is 25.8 Å². The summed E-state index contributed by atoms with van der Waals surface area (Å²) in [4.78, 5) is 30.1. The van der Waals surface area contributed by atoms with Crippen molar-refractivity contribution in [3.05, 3.63) is 102 Å². The highest BCUT2D eigenvalue weighted by molar-refractivity contribution is 5.93. The van der Waals surface area contributed by atoms with E-state index in [0.717, 1.165) is 46.5 Å². The lowest BCUT2D eigenvalue weighted by Gasteiger charge is -2.17. The minimum absolute atomic E-state index is 0.0632. The number of esters is 1. The van der Waals surface area contributed by atoms with Crippen LogP contribution >= 0.6 is 0 Å². The molecule has 11 nitrogen and oxygen atoms in total. The predicted octanol–water partition coefficient (Wildman–Crippen LogP) is 4.03. The van der Waals surface area contributed by atoms with Crippen molar-refractivity contribution in [2.75, 3.05) is 7.11 Å². The van der Waals surface area contributed by atoms with Crippen molar-refractivity contribution in [3.63, 3.8) is 0 Å². The van der Waals surface area contributed by atoms with Crippen LogP contribution < -0.4 is 5.32 Å². The zero-order valence-corrected chi connectivity index (χ0v) is 23.5. The number of H-pyrrole nitrogens is 1. The number of hydrogen-bond acceptors (Lipinski definition) is 8. The molecule has 0 radical (unpaired) electrons. The van der Waals surface area contributed by atoms with E-state index in [1.807, 2.05) is 83.7 Å². The van der Waals surface area contributed by atoms with Gasteiger partial charge in [0.15, 0.2) is 5.82 Å². The van der Waals surface area contributed by atoms with Crippen molar-refractivity contribution < 1.29 is 14.3 Å². The molecule has 3 aromatic heterocycles. The molecular weight excluding hydrogens is 532 g/mol. The number of amides is 1. The molecule has 5 aromatic rings. The SMILES string of the molecule is CCCc1cc(C(=O)N[C@@H](CC(=O)OC)Cc2ccccc2)nn1Cc1ccc(-c2ccccc2-c2nnn[nH]2)nc1. The predicted molar refractivity (Wildman–Crippen MR) is 156 cm³/mol. The minimum atomic E-state index is -0.431. The second kappa shape index (κ2) is 13.4. The Morgan fingerprint density at radius 3 is 2.48 bits per heavy atom. The zero-order valence-electron chi connectivity index (χ0n) is 23.5. The normalized spacial score (nSPS) is 11.7. The molecule has 42 heavy (non-hydrogen) atoms. The zero-order chi connectivity index (χ0) is 29.3. The van der Waals surface area contributed by atoms with Crippen molar-refractivity contribution in [2.24, 2.45) is 0 Å².